The Labute approximate surface area is 234 Å². The number of hydrogen-bond donors (Lipinski definition) is 1. The molecule has 1 aliphatic heterocycles. The van der Waals surface area contributed by atoms with E-state index >= 15 is 0 Å². The van der Waals surface area contributed by atoms with Gasteiger partial charge in [0.15, 0.2) is 11.9 Å². The van der Waals surface area contributed by atoms with Crippen molar-refractivity contribution < 1.29 is 22.7 Å². The molecule has 0 spiro atoms. The van der Waals surface area contributed by atoms with Crippen molar-refractivity contribution in [2.24, 2.45) is 0 Å². The van der Waals surface area contributed by atoms with Crippen LogP contribution in [0.2, 0.25) is 0 Å². The van der Waals surface area contributed by atoms with Crippen LogP contribution in [0.25, 0.3) is 0 Å². The van der Waals surface area contributed by atoms with Crippen LogP contribution in [0, 0.1) is 0 Å². The van der Waals surface area contributed by atoms with E-state index in [9.17, 15) is 18.0 Å². The summed E-state index contributed by atoms with van der Waals surface area (Å²) in [5.41, 5.74) is 2.84. The summed E-state index contributed by atoms with van der Waals surface area (Å²) < 4.78 is 34.1. The van der Waals surface area contributed by atoms with E-state index in [4.69, 9.17) is 4.74 Å². The number of fused-ring (bicyclic) bond motifs is 1. The van der Waals surface area contributed by atoms with Crippen LogP contribution in [0.1, 0.15) is 42.3 Å². The molecule has 1 atom stereocenters. The van der Waals surface area contributed by atoms with E-state index in [-0.39, 0.29) is 28.4 Å². The highest BCUT2D eigenvalue weighted by molar-refractivity contribution is 7.92. The number of ketones is 1. The number of amides is 1. The number of nitrogens with zero attached hydrogens (tertiary/aromatic N) is 1. The van der Waals surface area contributed by atoms with Gasteiger partial charge in [0.25, 0.3) is 15.9 Å². The van der Waals surface area contributed by atoms with Gasteiger partial charge in [0, 0.05) is 16.8 Å². The first-order chi connectivity index (χ1) is 19.0. The number of rotatable bonds is 6. The summed E-state index contributed by atoms with van der Waals surface area (Å²) in [6.45, 7) is 6.13. The molecule has 0 saturated heterocycles. The Morgan fingerprint density at radius 3 is 2.20 bits per heavy atom. The number of ether oxygens (including phenoxy) is 1. The number of carbonyl (C=O) groups is 2. The number of para-hydroxylation sites is 2. The van der Waals surface area contributed by atoms with Crippen LogP contribution in [-0.4, -0.2) is 32.8 Å². The number of nitrogens with one attached hydrogen (secondary N) is 1. The van der Waals surface area contributed by atoms with Crippen LogP contribution in [0.3, 0.4) is 0 Å². The van der Waals surface area contributed by atoms with E-state index in [1.54, 1.807) is 66.7 Å². The highest BCUT2D eigenvalue weighted by Crippen LogP contribution is 2.37. The minimum absolute atomic E-state index is 0.0243. The van der Waals surface area contributed by atoms with E-state index in [1.807, 2.05) is 24.3 Å². The normalized spacial score (nSPS) is 15.1. The van der Waals surface area contributed by atoms with Gasteiger partial charge in [0.1, 0.15) is 5.75 Å². The first-order valence-electron chi connectivity index (χ1n) is 12.9. The number of sulfonamides is 1. The van der Waals surface area contributed by atoms with Gasteiger partial charge in [-0.05, 0) is 47.4 Å². The van der Waals surface area contributed by atoms with E-state index in [0.29, 0.717) is 22.5 Å². The molecule has 204 valence electrons. The quantitative estimate of drug-likeness (QED) is 0.304. The fourth-order valence-electron chi connectivity index (χ4n) is 4.54. The fraction of sp³-hybridized carbons (Fsp3) is 0.188. The van der Waals surface area contributed by atoms with Crippen molar-refractivity contribution in [1.29, 1.82) is 0 Å². The molecule has 0 aromatic heterocycles. The summed E-state index contributed by atoms with van der Waals surface area (Å²) in [5.74, 6) is -0.405. The lowest BCUT2D eigenvalue weighted by molar-refractivity contribution is -0.122. The maximum atomic E-state index is 13.5. The predicted molar refractivity (Wildman–Crippen MR) is 155 cm³/mol. The standard InChI is InChI=1S/C32H30N2O5S/c1-32(2,3)24-18-16-22(17-19-24)30(35)23-10-9-11-25(20-23)33-31(36)29-21-34(27-14-7-8-15-28(27)39-29)40(37,38)26-12-5-4-6-13-26/h4-20,29H,21H2,1-3H3,(H,33,36)/t29-/m1/s1. The Morgan fingerprint density at radius 1 is 0.825 bits per heavy atom. The maximum Gasteiger partial charge on any atom is 0.267 e. The average Bonchev–Trinajstić information content (AvgIpc) is 2.96. The first-order valence-corrected chi connectivity index (χ1v) is 14.4. The van der Waals surface area contributed by atoms with E-state index in [0.717, 1.165) is 5.56 Å². The zero-order chi connectivity index (χ0) is 28.5. The summed E-state index contributed by atoms with van der Waals surface area (Å²) in [7, 11) is -3.95. The van der Waals surface area contributed by atoms with Crippen LogP contribution < -0.4 is 14.4 Å². The molecule has 7 nitrogen and oxygen atoms in total. The Hall–Kier alpha value is -4.43. The second-order valence-electron chi connectivity index (χ2n) is 10.6. The molecule has 5 rings (SSSR count). The van der Waals surface area contributed by atoms with E-state index in [1.165, 1.54) is 16.4 Å². The van der Waals surface area contributed by atoms with Gasteiger partial charge < -0.3 is 10.1 Å². The van der Waals surface area contributed by atoms with Gasteiger partial charge in [-0.3, -0.25) is 13.9 Å². The number of anilines is 2. The van der Waals surface area contributed by atoms with Crippen molar-refractivity contribution in [1.82, 2.24) is 0 Å². The number of hydrogen-bond acceptors (Lipinski definition) is 5. The molecular formula is C32H30N2O5S. The van der Waals surface area contributed by atoms with Crippen LogP contribution >= 0.6 is 0 Å². The summed E-state index contributed by atoms with van der Waals surface area (Å²) in [5, 5.41) is 2.79. The van der Waals surface area contributed by atoms with Crippen molar-refractivity contribution in [3.8, 4) is 5.75 Å². The van der Waals surface area contributed by atoms with Crippen LogP contribution in [0.5, 0.6) is 5.75 Å². The molecule has 0 fully saturated rings. The summed E-state index contributed by atoms with van der Waals surface area (Å²) in [4.78, 5) is 26.6. The van der Waals surface area contributed by atoms with Crippen molar-refractivity contribution in [2.75, 3.05) is 16.2 Å². The second kappa shape index (κ2) is 10.6. The molecule has 1 aliphatic rings. The summed E-state index contributed by atoms with van der Waals surface area (Å²) >= 11 is 0. The Morgan fingerprint density at radius 2 is 1.50 bits per heavy atom. The minimum Gasteiger partial charge on any atom is -0.476 e. The second-order valence-corrected chi connectivity index (χ2v) is 12.5. The molecule has 1 heterocycles. The molecule has 0 bridgehead atoms. The summed E-state index contributed by atoms with van der Waals surface area (Å²) in [6.07, 6.45) is -1.11. The Bertz CT molecular complexity index is 1660. The van der Waals surface area contributed by atoms with Gasteiger partial charge >= 0.3 is 0 Å². The first kappa shape index (κ1) is 27.1. The molecule has 1 amide bonds. The third kappa shape index (κ3) is 5.49. The molecule has 0 radical (unpaired) electrons. The summed E-state index contributed by atoms with van der Waals surface area (Å²) in [6, 6.07) is 29.0. The Balaban J connectivity index is 1.36. The topological polar surface area (TPSA) is 92.8 Å². The fourth-order valence-corrected chi connectivity index (χ4v) is 6.03. The van der Waals surface area contributed by atoms with Crippen LogP contribution in [0.15, 0.2) is 108 Å². The van der Waals surface area contributed by atoms with Gasteiger partial charge in [-0.25, -0.2) is 8.42 Å². The third-order valence-corrected chi connectivity index (χ3v) is 8.56. The van der Waals surface area contributed by atoms with Gasteiger partial charge in [0.2, 0.25) is 0 Å². The van der Waals surface area contributed by atoms with Crippen LogP contribution in [0.4, 0.5) is 11.4 Å². The van der Waals surface area contributed by atoms with Crippen LogP contribution in [-0.2, 0) is 20.2 Å². The molecule has 4 aromatic rings. The lowest BCUT2D eigenvalue weighted by Crippen LogP contribution is -2.48. The largest absolute Gasteiger partial charge is 0.476 e. The van der Waals surface area contributed by atoms with Gasteiger partial charge in [-0.1, -0.05) is 87.5 Å². The van der Waals surface area contributed by atoms with Gasteiger partial charge in [-0.15, -0.1) is 0 Å². The molecule has 40 heavy (non-hydrogen) atoms. The van der Waals surface area contributed by atoms with Crippen molar-refractivity contribution in [2.45, 2.75) is 37.2 Å². The minimum atomic E-state index is -3.95. The van der Waals surface area contributed by atoms with Gasteiger partial charge in [-0.2, -0.15) is 0 Å². The third-order valence-electron chi connectivity index (χ3n) is 6.76. The maximum absolute atomic E-state index is 13.5. The molecule has 1 N–H and O–H groups in total. The molecule has 0 unspecified atom stereocenters. The zero-order valence-electron chi connectivity index (χ0n) is 22.5. The SMILES string of the molecule is CC(C)(C)c1ccc(C(=O)c2cccc(NC(=O)[C@H]3CN(S(=O)(=O)c4ccccc4)c4ccccc4O3)c2)cc1. The number of benzene rings is 4. The van der Waals surface area contributed by atoms with Gasteiger partial charge in [0.05, 0.1) is 17.1 Å². The highest BCUT2D eigenvalue weighted by Gasteiger charge is 2.37. The van der Waals surface area contributed by atoms with E-state index in [2.05, 4.69) is 26.1 Å². The zero-order valence-corrected chi connectivity index (χ0v) is 23.3. The molecule has 8 heteroatoms. The number of carbonyl (C=O) groups excluding carboxylic acids is 2. The van der Waals surface area contributed by atoms with Crippen molar-refractivity contribution in [3.05, 3.63) is 120 Å². The molecule has 4 aromatic carbocycles. The van der Waals surface area contributed by atoms with E-state index < -0.39 is 22.0 Å². The smallest absolute Gasteiger partial charge is 0.267 e. The monoisotopic (exact) mass is 554 g/mol. The molecule has 0 aliphatic carbocycles. The molecular weight excluding hydrogens is 524 g/mol. The lowest BCUT2D eigenvalue weighted by Gasteiger charge is -2.34. The highest BCUT2D eigenvalue weighted by atomic mass is 32.2. The lowest BCUT2D eigenvalue weighted by atomic mass is 9.86. The Kier molecular flexibility index (Phi) is 7.21. The predicted octanol–water partition coefficient (Wildman–Crippen LogP) is 5.81. The van der Waals surface area contributed by atoms with Crippen molar-refractivity contribution >= 4 is 33.1 Å². The van der Waals surface area contributed by atoms with Crippen molar-refractivity contribution in [3.63, 3.8) is 0 Å². The molecule has 0 saturated carbocycles. The average molecular weight is 555 g/mol.